The van der Waals surface area contributed by atoms with Crippen LogP contribution in [0.1, 0.15) is 94.6 Å². The molecule has 3 fully saturated rings. The number of benzene rings is 1. The van der Waals surface area contributed by atoms with Crippen LogP contribution in [0.3, 0.4) is 0 Å². The van der Waals surface area contributed by atoms with Crippen LogP contribution < -0.4 is 4.74 Å². The number of aryl methyl sites for hydroxylation is 1. The van der Waals surface area contributed by atoms with E-state index in [0.29, 0.717) is 42.3 Å². The lowest BCUT2D eigenvalue weighted by Gasteiger charge is -2.48. The molecule has 1 amide bonds. The van der Waals surface area contributed by atoms with E-state index < -0.39 is 0 Å². The number of aromatic hydroxyl groups is 1. The Hall–Kier alpha value is -2.04. The molecule has 1 N–H and O–H groups in total. The van der Waals surface area contributed by atoms with Gasteiger partial charge < -0.3 is 14.7 Å². The number of phenolic OH excluding ortho intramolecular Hbond substituents is 1. The van der Waals surface area contributed by atoms with Crippen LogP contribution in [0.5, 0.6) is 11.5 Å². The van der Waals surface area contributed by atoms with E-state index in [1.165, 1.54) is 17.5 Å². The third-order valence-corrected chi connectivity index (χ3v) is 9.26. The lowest BCUT2D eigenvalue weighted by Crippen LogP contribution is -2.42. The van der Waals surface area contributed by atoms with Gasteiger partial charge in [0.15, 0.2) is 11.5 Å². The largest absolute Gasteiger partial charge is 0.504 e. The summed E-state index contributed by atoms with van der Waals surface area (Å²) in [5.74, 6) is 3.11. The van der Waals surface area contributed by atoms with Gasteiger partial charge in [-0.1, -0.05) is 6.92 Å². The number of hydrogen-bond donors (Lipinski definition) is 1. The van der Waals surface area contributed by atoms with Crippen molar-refractivity contribution < 1.29 is 19.4 Å². The topological polar surface area (TPSA) is 66.8 Å². The van der Waals surface area contributed by atoms with Crippen molar-refractivity contribution in [2.45, 2.75) is 89.9 Å². The van der Waals surface area contributed by atoms with Crippen molar-refractivity contribution in [3.8, 4) is 11.5 Å². The fourth-order valence-electron chi connectivity index (χ4n) is 7.34. The summed E-state index contributed by atoms with van der Waals surface area (Å²) in [6, 6.07) is 3.99. The zero-order chi connectivity index (χ0) is 23.0. The van der Waals surface area contributed by atoms with Crippen LogP contribution in [-0.4, -0.2) is 41.4 Å². The highest BCUT2D eigenvalue weighted by Gasteiger charge is 2.54. The molecule has 0 bridgehead atoms. The fourth-order valence-corrected chi connectivity index (χ4v) is 7.34. The maximum atomic E-state index is 12.6. The van der Waals surface area contributed by atoms with Crippen molar-refractivity contribution in [2.24, 2.45) is 17.3 Å². The summed E-state index contributed by atoms with van der Waals surface area (Å²) >= 11 is 0. The van der Waals surface area contributed by atoms with Gasteiger partial charge >= 0.3 is 0 Å². The van der Waals surface area contributed by atoms with Crippen molar-refractivity contribution in [1.29, 1.82) is 0 Å². The summed E-state index contributed by atoms with van der Waals surface area (Å²) in [4.78, 5) is 26.9. The van der Waals surface area contributed by atoms with E-state index in [1.54, 1.807) is 0 Å². The summed E-state index contributed by atoms with van der Waals surface area (Å²) in [5.41, 5.74) is 2.47. The second-order valence-corrected chi connectivity index (χ2v) is 11.1. The van der Waals surface area contributed by atoms with E-state index in [-0.39, 0.29) is 17.1 Å². The highest BCUT2D eigenvalue weighted by Crippen LogP contribution is 2.60. The maximum absolute atomic E-state index is 12.6. The predicted molar refractivity (Wildman–Crippen MR) is 128 cm³/mol. The summed E-state index contributed by atoms with van der Waals surface area (Å²) < 4.78 is 6.00. The molecular weight excluding hydrogens is 414 g/mol. The molecule has 4 aliphatic rings. The number of nitrogens with zero attached hydrogens (tertiary/aromatic N) is 1. The van der Waals surface area contributed by atoms with Gasteiger partial charge in [-0.2, -0.15) is 0 Å². The van der Waals surface area contributed by atoms with E-state index in [1.807, 2.05) is 11.0 Å². The molecule has 1 saturated heterocycles. The van der Waals surface area contributed by atoms with Gasteiger partial charge in [0.25, 0.3) is 0 Å². The lowest BCUT2D eigenvalue weighted by molar-refractivity contribution is -0.132. The summed E-state index contributed by atoms with van der Waals surface area (Å²) in [6.45, 7) is 4.55. The first-order valence-electron chi connectivity index (χ1n) is 13.3. The number of carbonyl (C=O) groups is 2. The summed E-state index contributed by atoms with van der Waals surface area (Å²) in [7, 11) is 0. The average molecular weight is 454 g/mol. The van der Waals surface area contributed by atoms with Crippen LogP contribution in [0, 0.1) is 17.3 Å². The van der Waals surface area contributed by atoms with Crippen LogP contribution in [0.15, 0.2) is 12.1 Å². The Morgan fingerprint density at radius 3 is 2.76 bits per heavy atom. The van der Waals surface area contributed by atoms with E-state index in [4.69, 9.17) is 4.74 Å². The molecule has 2 saturated carbocycles. The van der Waals surface area contributed by atoms with Gasteiger partial charge in [-0.15, -0.1) is 0 Å². The second-order valence-electron chi connectivity index (χ2n) is 11.1. The zero-order valence-electron chi connectivity index (χ0n) is 20.1. The molecular formula is C28H39NO4. The molecule has 0 aromatic heterocycles. The van der Waals surface area contributed by atoms with Gasteiger partial charge in [-0.05, 0) is 105 Å². The number of hydrogen-bond acceptors (Lipinski definition) is 4. The highest BCUT2D eigenvalue weighted by molar-refractivity contribution is 5.87. The zero-order valence-corrected chi connectivity index (χ0v) is 20.1. The third kappa shape index (κ3) is 4.28. The van der Waals surface area contributed by atoms with Crippen LogP contribution in [0.25, 0.3) is 0 Å². The predicted octanol–water partition coefficient (Wildman–Crippen LogP) is 5.38. The standard InChI is InChI=1S/C28H39NO4/c1-28-13-12-20-21(23(28)10-11-26(28)31)9-8-19-17-24(30)25(18-22(19)20)33-16-6-3-7-27(32)29-14-4-2-5-15-29/h17-18,20-21,23,30H,2-16H2,1H3/t20-,21+,23-,28-/m0/s1. The molecule has 1 aromatic carbocycles. The van der Waals surface area contributed by atoms with Crippen molar-refractivity contribution >= 4 is 11.7 Å². The van der Waals surface area contributed by atoms with Gasteiger partial charge in [-0.25, -0.2) is 0 Å². The normalized spacial score (nSPS) is 31.0. The number of carbonyl (C=O) groups excluding carboxylic acids is 2. The maximum Gasteiger partial charge on any atom is 0.222 e. The SMILES string of the molecule is C[C@]12CC[C@@H]3c4cc(OCCCCC(=O)N5CCCCC5)c(O)cc4CC[C@H]3[C@@H]1CCC2=O. The van der Waals surface area contributed by atoms with Crippen LogP contribution in [-0.2, 0) is 16.0 Å². The second kappa shape index (κ2) is 9.31. The van der Waals surface area contributed by atoms with Gasteiger partial charge in [0.05, 0.1) is 6.61 Å². The quantitative estimate of drug-likeness (QED) is 0.587. The number of phenols is 1. The molecule has 180 valence electrons. The van der Waals surface area contributed by atoms with E-state index in [0.717, 1.165) is 77.3 Å². The Balaban J connectivity index is 1.19. The smallest absolute Gasteiger partial charge is 0.222 e. The van der Waals surface area contributed by atoms with E-state index >= 15 is 0 Å². The van der Waals surface area contributed by atoms with Crippen molar-refractivity contribution in [1.82, 2.24) is 4.90 Å². The van der Waals surface area contributed by atoms with Crippen molar-refractivity contribution in [3.63, 3.8) is 0 Å². The summed E-state index contributed by atoms with van der Waals surface area (Å²) in [5, 5.41) is 10.6. The highest BCUT2D eigenvalue weighted by atomic mass is 16.5. The van der Waals surface area contributed by atoms with Gasteiger partial charge in [0, 0.05) is 31.3 Å². The average Bonchev–Trinajstić information content (AvgIpc) is 3.14. The Morgan fingerprint density at radius 1 is 1.12 bits per heavy atom. The van der Waals surface area contributed by atoms with Gasteiger partial charge in [-0.3, -0.25) is 9.59 Å². The molecule has 1 aliphatic heterocycles. The van der Waals surface area contributed by atoms with Gasteiger partial charge in [0.1, 0.15) is 5.78 Å². The number of unbranched alkanes of at least 4 members (excludes halogenated alkanes) is 1. The first-order valence-corrected chi connectivity index (χ1v) is 13.3. The summed E-state index contributed by atoms with van der Waals surface area (Å²) in [6.07, 6.45) is 11.6. The number of fused-ring (bicyclic) bond motifs is 5. The first-order chi connectivity index (χ1) is 16.0. The number of likely N-dealkylation sites (tertiary alicyclic amines) is 1. The number of rotatable bonds is 6. The molecule has 0 unspecified atom stereocenters. The monoisotopic (exact) mass is 453 g/mol. The fraction of sp³-hybridized carbons (Fsp3) is 0.714. The van der Waals surface area contributed by atoms with Crippen LogP contribution in [0.4, 0.5) is 0 Å². The minimum absolute atomic E-state index is 0.111. The third-order valence-electron chi connectivity index (χ3n) is 9.26. The van der Waals surface area contributed by atoms with Crippen molar-refractivity contribution in [3.05, 3.63) is 23.3 Å². The van der Waals surface area contributed by atoms with Gasteiger partial charge in [0.2, 0.25) is 5.91 Å². The number of ether oxygens (including phenoxy) is 1. The van der Waals surface area contributed by atoms with Crippen molar-refractivity contribution in [2.75, 3.05) is 19.7 Å². The Kier molecular flexibility index (Phi) is 6.41. The van der Waals surface area contributed by atoms with E-state index in [2.05, 4.69) is 13.0 Å². The molecule has 1 heterocycles. The minimum Gasteiger partial charge on any atom is -0.504 e. The molecule has 33 heavy (non-hydrogen) atoms. The molecule has 0 spiro atoms. The molecule has 5 heteroatoms. The number of amides is 1. The van der Waals surface area contributed by atoms with E-state index in [9.17, 15) is 14.7 Å². The molecule has 5 rings (SSSR count). The minimum atomic E-state index is -0.111. The lowest BCUT2D eigenvalue weighted by atomic mass is 9.55. The van der Waals surface area contributed by atoms with Crippen LogP contribution >= 0.6 is 0 Å². The number of piperidine rings is 1. The molecule has 1 aromatic rings. The number of Topliss-reactive ketones (excluding diaryl/α,β-unsaturated/α-hetero) is 1. The van der Waals surface area contributed by atoms with Crippen LogP contribution in [0.2, 0.25) is 0 Å². The Labute approximate surface area is 197 Å². The Morgan fingerprint density at radius 2 is 1.94 bits per heavy atom. The molecule has 0 radical (unpaired) electrons. The first kappa shape index (κ1) is 22.7. The molecule has 3 aliphatic carbocycles. The molecule has 5 nitrogen and oxygen atoms in total. The Bertz CT molecular complexity index is 905. The number of ketones is 1. The molecule has 4 atom stereocenters.